The standard InChI is InChI=1S/C21H19F3N6O4/c22-21(23,24)19(32)34-16-8-12(18-26-4-6-33-18)7-15(31)17(16)13-9-27-20(29-28-13)30-5-3-25-14(10-30)11-1-2-11/h4,6-9,11,14,25,31H,1-3,5,10H2/t14-/m1/s1. The van der Waals surface area contributed by atoms with Crippen LogP contribution in [-0.4, -0.2) is 63.1 Å². The van der Waals surface area contributed by atoms with Crippen LogP contribution in [0.2, 0.25) is 0 Å². The highest BCUT2D eigenvalue weighted by molar-refractivity contribution is 5.84. The van der Waals surface area contributed by atoms with Gasteiger partial charge in [0.2, 0.25) is 11.8 Å². The van der Waals surface area contributed by atoms with Gasteiger partial charge in [-0.2, -0.15) is 13.2 Å². The zero-order valence-corrected chi connectivity index (χ0v) is 17.6. The summed E-state index contributed by atoms with van der Waals surface area (Å²) in [4.78, 5) is 21.7. The number of phenolic OH excluding ortho intramolecular Hbond substituents is 1. The van der Waals surface area contributed by atoms with E-state index >= 15 is 0 Å². The number of oxazole rings is 1. The molecule has 1 aromatic carbocycles. The summed E-state index contributed by atoms with van der Waals surface area (Å²) in [6.07, 6.45) is 0.957. The summed E-state index contributed by atoms with van der Waals surface area (Å²) in [5.41, 5.74) is -0.240. The molecule has 34 heavy (non-hydrogen) atoms. The van der Waals surface area contributed by atoms with Gasteiger partial charge in [-0.25, -0.2) is 14.8 Å². The molecule has 0 radical (unpaired) electrons. The van der Waals surface area contributed by atoms with Gasteiger partial charge in [0, 0.05) is 31.2 Å². The Labute approximate surface area is 190 Å². The van der Waals surface area contributed by atoms with Gasteiger partial charge in [-0.1, -0.05) is 0 Å². The molecule has 1 atom stereocenters. The second-order valence-corrected chi connectivity index (χ2v) is 8.08. The minimum absolute atomic E-state index is 0.00893. The number of phenols is 1. The molecule has 1 aliphatic heterocycles. The van der Waals surface area contributed by atoms with Crippen molar-refractivity contribution in [2.75, 3.05) is 24.5 Å². The van der Waals surface area contributed by atoms with Gasteiger partial charge < -0.3 is 24.5 Å². The minimum Gasteiger partial charge on any atom is -0.507 e. The van der Waals surface area contributed by atoms with Crippen LogP contribution >= 0.6 is 0 Å². The first kappa shape index (κ1) is 22.1. The van der Waals surface area contributed by atoms with Crippen LogP contribution < -0.4 is 15.0 Å². The van der Waals surface area contributed by atoms with Crippen molar-refractivity contribution >= 4 is 11.9 Å². The van der Waals surface area contributed by atoms with E-state index in [9.17, 15) is 23.1 Å². The fourth-order valence-electron chi connectivity index (χ4n) is 3.89. The van der Waals surface area contributed by atoms with E-state index in [1.165, 1.54) is 37.6 Å². The Balaban J connectivity index is 1.47. The quantitative estimate of drug-likeness (QED) is 0.419. The Morgan fingerprint density at radius 1 is 1.24 bits per heavy atom. The molecule has 0 spiro atoms. The average Bonchev–Trinajstić information content (AvgIpc) is 3.52. The molecular weight excluding hydrogens is 457 g/mol. The number of hydrogen-bond donors (Lipinski definition) is 2. The molecule has 0 amide bonds. The summed E-state index contributed by atoms with van der Waals surface area (Å²) in [7, 11) is 0. The first-order valence-corrected chi connectivity index (χ1v) is 10.5. The van der Waals surface area contributed by atoms with E-state index in [1.807, 2.05) is 4.90 Å². The van der Waals surface area contributed by atoms with Gasteiger partial charge in [0.1, 0.15) is 23.5 Å². The first-order valence-electron chi connectivity index (χ1n) is 10.5. The summed E-state index contributed by atoms with van der Waals surface area (Å²) in [6, 6.07) is 2.65. The Hall–Kier alpha value is -3.74. The zero-order chi connectivity index (χ0) is 23.9. The van der Waals surface area contributed by atoms with Crippen LogP contribution in [0, 0.1) is 5.92 Å². The molecule has 2 fully saturated rings. The number of nitrogens with one attached hydrogen (secondary N) is 1. The lowest BCUT2D eigenvalue weighted by molar-refractivity contribution is -0.189. The largest absolute Gasteiger partial charge is 0.507 e. The van der Waals surface area contributed by atoms with Crippen LogP contribution in [-0.2, 0) is 4.79 Å². The second-order valence-electron chi connectivity index (χ2n) is 8.08. The van der Waals surface area contributed by atoms with Crippen molar-refractivity contribution in [3.63, 3.8) is 0 Å². The smallest absolute Gasteiger partial charge is 0.491 e. The van der Waals surface area contributed by atoms with Gasteiger partial charge in [-0.3, -0.25) is 0 Å². The van der Waals surface area contributed by atoms with Crippen LogP contribution in [0.3, 0.4) is 0 Å². The molecule has 1 saturated heterocycles. The molecule has 3 aromatic rings. The molecular formula is C21H19F3N6O4. The molecule has 0 unspecified atom stereocenters. The highest BCUT2D eigenvalue weighted by atomic mass is 19.4. The zero-order valence-electron chi connectivity index (χ0n) is 17.6. The normalized spacial score (nSPS) is 18.7. The van der Waals surface area contributed by atoms with Gasteiger partial charge in [0.05, 0.1) is 18.0 Å². The van der Waals surface area contributed by atoms with Crippen LogP contribution in [0.15, 0.2) is 35.2 Å². The highest BCUT2D eigenvalue weighted by Crippen LogP contribution is 2.41. The summed E-state index contributed by atoms with van der Waals surface area (Å²) < 4.78 is 48.3. The third-order valence-corrected chi connectivity index (χ3v) is 5.68. The third kappa shape index (κ3) is 4.51. The Kier molecular flexibility index (Phi) is 5.55. The van der Waals surface area contributed by atoms with E-state index in [-0.39, 0.29) is 22.7 Å². The molecule has 1 aliphatic carbocycles. The molecule has 2 N–H and O–H groups in total. The maximum Gasteiger partial charge on any atom is 0.491 e. The molecule has 0 bridgehead atoms. The van der Waals surface area contributed by atoms with E-state index < -0.39 is 23.6 Å². The molecule has 1 saturated carbocycles. The number of anilines is 1. The lowest BCUT2D eigenvalue weighted by atomic mass is 10.1. The number of aromatic hydroxyl groups is 1. The van der Waals surface area contributed by atoms with Crippen molar-refractivity contribution in [1.29, 1.82) is 0 Å². The number of nitrogens with zero attached hydrogens (tertiary/aromatic N) is 5. The number of aromatic nitrogens is 4. The first-order chi connectivity index (χ1) is 16.3. The highest BCUT2D eigenvalue weighted by Gasteiger charge is 2.42. The van der Waals surface area contributed by atoms with Crippen molar-refractivity contribution < 1.29 is 32.2 Å². The fraction of sp³-hybridized carbons (Fsp3) is 0.381. The summed E-state index contributed by atoms with van der Waals surface area (Å²) in [5, 5.41) is 22.2. The van der Waals surface area contributed by atoms with Gasteiger partial charge in [-0.15, -0.1) is 10.2 Å². The van der Waals surface area contributed by atoms with Crippen molar-refractivity contribution in [1.82, 2.24) is 25.5 Å². The lowest BCUT2D eigenvalue weighted by Crippen LogP contribution is -2.52. The van der Waals surface area contributed by atoms with Crippen molar-refractivity contribution in [3.05, 3.63) is 30.8 Å². The van der Waals surface area contributed by atoms with Crippen molar-refractivity contribution in [2.24, 2.45) is 5.92 Å². The molecule has 5 rings (SSSR count). The number of halogens is 3. The van der Waals surface area contributed by atoms with Crippen LogP contribution in [0.25, 0.3) is 22.7 Å². The number of piperazine rings is 1. The van der Waals surface area contributed by atoms with Gasteiger partial charge >= 0.3 is 12.1 Å². The number of ether oxygens (including phenoxy) is 1. The maximum absolute atomic E-state index is 12.9. The Morgan fingerprint density at radius 3 is 2.71 bits per heavy atom. The summed E-state index contributed by atoms with van der Waals surface area (Å²) in [5.74, 6) is -2.55. The third-order valence-electron chi connectivity index (χ3n) is 5.68. The number of alkyl halides is 3. The number of carbonyl (C=O) groups is 1. The monoisotopic (exact) mass is 476 g/mol. The van der Waals surface area contributed by atoms with E-state index in [4.69, 9.17) is 4.42 Å². The fourth-order valence-corrected chi connectivity index (χ4v) is 3.89. The van der Waals surface area contributed by atoms with Crippen molar-refractivity contribution in [2.45, 2.75) is 25.1 Å². The Morgan fingerprint density at radius 2 is 2.06 bits per heavy atom. The van der Waals surface area contributed by atoms with Crippen molar-refractivity contribution in [3.8, 4) is 34.2 Å². The van der Waals surface area contributed by atoms with E-state index in [0.29, 0.717) is 24.5 Å². The van der Waals surface area contributed by atoms with Gasteiger partial charge in [-0.05, 0) is 30.9 Å². The molecule has 2 aliphatic rings. The van der Waals surface area contributed by atoms with Gasteiger partial charge in [0.25, 0.3) is 0 Å². The van der Waals surface area contributed by atoms with Crippen LogP contribution in [0.5, 0.6) is 11.5 Å². The maximum atomic E-state index is 12.9. The topological polar surface area (TPSA) is 126 Å². The van der Waals surface area contributed by atoms with E-state index in [1.54, 1.807) is 0 Å². The number of benzene rings is 1. The molecule has 10 nitrogen and oxygen atoms in total. The summed E-state index contributed by atoms with van der Waals surface area (Å²) in [6.45, 7) is 2.16. The molecule has 178 valence electrons. The minimum atomic E-state index is -5.25. The molecule has 13 heteroatoms. The van der Waals surface area contributed by atoms with E-state index in [0.717, 1.165) is 19.2 Å². The SMILES string of the molecule is O=C(Oc1cc(-c2ncco2)cc(O)c1-c1cnc(N2CCN[C@@H](C3CC3)C2)nn1)C(F)(F)F. The second kappa shape index (κ2) is 8.56. The predicted octanol–water partition coefficient (Wildman–Crippen LogP) is 2.56. The van der Waals surface area contributed by atoms with Gasteiger partial charge in [0.15, 0.2) is 0 Å². The Bertz CT molecular complexity index is 1180. The average molecular weight is 476 g/mol. The van der Waals surface area contributed by atoms with Crippen LogP contribution in [0.4, 0.5) is 19.1 Å². The number of esters is 1. The number of carbonyl (C=O) groups excluding carboxylic acids is 1. The molecule has 2 aromatic heterocycles. The van der Waals surface area contributed by atoms with Crippen LogP contribution in [0.1, 0.15) is 12.8 Å². The predicted molar refractivity (Wildman–Crippen MR) is 111 cm³/mol. The number of rotatable bonds is 5. The van der Waals surface area contributed by atoms with E-state index in [2.05, 4.69) is 30.2 Å². The molecule has 3 heterocycles. The lowest BCUT2D eigenvalue weighted by Gasteiger charge is -2.33. The number of hydrogen-bond acceptors (Lipinski definition) is 10. The summed E-state index contributed by atoms with van der Waals surface area (Å²) >= 11 is 0.